The third-order valence-corrected chi connectivity index (χ3v) is 3.81. The molecule has 0 aliphatic carbocycles. The maximum atomic E-state index is 5.34. The van der Waals surface area contributed by atoms with Gasteiger partial charge in [0.15, 0.2) is 0 Å². The van der Waals surface area contributed by atoms with Crippen LogP contribution in [0, 0.1) is 0 Å². The van der Waals surface area contributed by atoms with Crippen molar-refractivity contribution in [1.82, 2.24) is 9.78 Å². The molecule has 1 aromatic carbocycles. The molecule has 2 rings (SSSR count). The molecule has 0 unspecified atom stereocenters. The summed E-state index contributed by atoms with van der Waals surface area (Å²) >= 11 is 5.22. The van der Waals surface area contributed by atoms with Gasteiger partial charge in [0.25, 0.3) is 0 Å². The van der Waals surface area contributed by atoms with E-state index in [1.54, 1.807) is 23.6 Å². The zero-order valence-corrected chi connectivity index (χ0v) is 12.1. The van der Waals surface area contributed by atoms with Gasteiger partial charge in [0.2, 0.25) is 0 Å². The third kappa shape index (κ3) is 3.26. The maximum absolute atomic E-state index is 5.34. The Labute approximate surface area is 113 Å². The number of rotatable bonds is 4. The molecule has 0 amide bonds. The van der Waals surface area contributed by atoms with E-state index in [0.29, 0.717) is 0 Å². The lowest BCUT2D eigenvalue weighted by Crippen LogP contribution is -1.90. The number of aromatic nitrogens is 2. The van der Waals surface area contributed by atoms with Crippen molar-refractivity contribution in [3.63, 3.8) is 0 Å². The van der Waals surface area contributed by atoms with Gasteiger partial charge in [-0.1, -0.05) is 15.9 Å². The Kier molecular flexibility index (Phi) is 4.12. The van der Waals surface area contributed by atoms with E-state index in [-0.39, 0.29) is 0 Å². The molecule has 1 aromatic heterocycles. The Morgan fingerprint density at radius 1 is 1.47 bits per heavy atom. The van der Waals surface area contributed by atoms with E-state index >= 15 is 0 Å². The lowest BCUT2D eigenvalue weighted by Gasteiger charge is -2.07. The second-order valence-corrected chi connectivity index (χ2v) is 5.56. The first-order valence-corrected chi connectivity index (χ1v) is 6.91. The van der Waals surface area contributed by atoms with Crippen molar-refractivity contribution in [3.05, 3.63) is 40.6 Å². The van der Waals surface area contributed by atoms with Crippen molar-refractivity contribution < 1.29 is 4.74 Å². The van der Waals surface area contributed by atoms with Crippen LogP contribution in [0.15, 0.2) is 40.0 Å². The predicted octanol–water partition coefficient (Wildman–Crippen LogP) is 3.48. The van der Waals surface area contributed by atoms with Crippen molar-refractivity contribution in [2.24, 2.45) is 7.05 Å². The highest BCUT2D eigenvalue weighted by atomic mass is 79.9. The fraction of sp³-hybridized carbons (Fsp3) is 0.250. The van der Waals surface area contributed by atoms with Crippen LogP contribution in [0.5, 0.6) is 5.75 Å². The Hall–Kier alpha value is -0.940. The predicted molar refractivity (Wildman–Crippen MR) is 73.5 cm³/mol. The zero-order valence-electron chi connectivity index (χ0n) is 9.68. The fourth-order valence-electron chi connectivity index (χ4n) is 1.49. The van der Waals surface area contributed by atoms with Gasteiger partial charge < -0.3 is 4.74 Å². The number of methoxy groups -OCH3 is 1. The van der Waals surface area contributed by atoms with Crippen LogP contribution < -0.4 is 4.74 Å². The molecular weight excluding hydrogens is 300 g/mol. The number of halogens is 1. The van der Waals surface area contributed by atoms with E-state index in [2.05, 4.69) is 27.1 Å². The number of aryl methyl sites for hydroxylation is 1. The van der Waals surface area contributed by atoms with Gasteiger partial charge in [-0.15, -0.1) is 11.8 Å². The van der Waals surface area contributed by atoms with Crippen molar-refractivity contribution in [3.8, 4) is 5.75 Å². The SMILES string of the molecule is COc1ccc(Br)cc1CSc1cnn(C)c1. The highest BCUT2D eigenvalue weighted by molar-refractivity contribution is 9.10. The lowest BCUT2D eigenvalue weighted by molar-refractivity contribution is 0.411. The van der Waals surface area contributed by atoms with Gasteiger partial charge in [-0.2, -0.15) is 5.10 Å². The molecule has 0 fully saturated rings. The summed E-state index contributed by atoms with van der Waals surface area (Å²) in [6, 6.07) is 6.04. The smallest absolute Gasteiger partial charge is 0.122 e. The summed E-state index contributed by atoms with van der Waals surface area (Å²) in [6.07, 6.45) is 3.88. The van der Waals surface area contributed by atoms with Crippen molar-refractivity contribution in [2.75, 3.05) is 7.11 Å². The number of nitrogens with zero attached hydrogens (tertiary/aromatic N) is 2. The summed E-state index contributed by atoms with van der Waals surface area (Å²) in [6.45, 7) is 0. The van der Waals surface area contributed by atoms with E-state index in [1.807, 2.05) is 31.6 Å². The Morgan fingerprint density at radius 2 is 2.29 bits per heavy atom. The number of ether oxygens (including phenoxy) is 1. The molecule has 0 saturated carbocycles. The lowest BCUT2D eigenvalue weighted by atomic mass is 10.2. The van der Waals surface area contributed by atoms with E-state index in [4.69, 9.17) is 4.74 Å². The molecule has 3 nitrogen and oxygen atoms in total. The van der Waals surface area contributed by atoms with Gasteiger partial charge in [0, 0.05) is 33.9 Å². The molecule has 90 valence electrons. The van der Waals surface area contributed by atoms with Gasteiger partial charge in [-0.3, -0.25) is 4.68 Å². The summed E-state index contributed by atoms with van der Waals surface area (Å²) in [4.78, 5) is 1.16. The molecule has 0 atom stereocenters. The average Bonchev–Trinajstić information content (AvgIpc) is 2.73. The van der Waals surface area contributed by atoms with Crippen LogP contribution >= 0.6 is 27.7 Å². The highest BCUT2D eigenvalue weighted by Crippen LogP contribution is 2.29. The molecule has 0 N–H and O–H groups in total. The molecule has 17 heavy (non-hydrogen) atoms. The molecule has 0 radical (unpaired) electrons. The minimum atomic E-state index is 0.869. The second-order valence-electron chi connectivity index (χ2n) is 3.59. The summed E-state index contributed by atoms with van der Waals surface area (Å²) in [5.74, 6) is 1.79. The molecule has 0 bridgehead atoms. The summed E-state index contributed by atoms with van der Waals surface area (Å²) in [5, 5.41) is 4.14. The van der Waals surface area contributed by atoms with E-state index < -0.39 is 0 Å². The van der Waals surface area contributed by atoms with Gasteiger partial charge in [-0.05, 0) is 18.2 Å². The molecule has 0 aliphatic heterocycles. The number of hydrogen-bond donors (Lipinski definition) is 0. The summed E-state index contributed by atoms with van der Waals surface area (Å²) in [7, 11) is 3.62. The van der Waals surface area contributed by atoms with E-state index in [9.17, 15) is 0 Å². The Morgan fingerprint density at radius 3 is 2.94 bits per heavy atom. The van der Waals surface area contributed by atoms with Crippen LogP contribution in [-0.4, -0.2) is 16.9 Å². The largest absolute Gasteiger partial charge is 0.496 e. The molecule has 0 aliphatic rings. The van der Waals surface area contributed by atoms with Crippen molar-refractivity contribution in [2.45, 2.75) is 10.6 Å². The highest BCUT2D eigenvalue weighted by Gasteiger charge is 2.05. The van der Waals surface area contributed by atoms with Gasteiger partial charge in [0.1, 0.15) is 5.75 Å². The number of thioether (sulfide) groups is 1. The molecular formula is C12H13BrN2OS. The molecule has 5 heteroatoms. The van der Waals surface area contributed by atoms with Crippen molar-refractivity contribution >= 4 is 27.7 Å². The fourth-order valence-corrected chi connectivity index (χ4v) is 2.80. The summed E-state index contributed by atoms with van der Waals surface area (Å²) < 4.78 is 8.21. The molecule has 0 saturated heterocycles. The Balaban J connectivity index is 2.10. The minimum Gasteiger partial charge on any atom is -0.496 e. The zero-order chi connectivity index (χ0) is 12.3. The average molecular weight is 313 g/mol. The second kappa shape index (κ2) is 5.60. The van der Waals surface area contributed by atoms with Crippen LogP contribution in [-0.2, 0) is 12.8 Å². The first-order valence-electron chi connectivity index (χ1n) is 5.13. The third-order valence-electron chi connectivity index (χ3n) is 2.32. The monoisotopic (exact) mass is 312 g/mol. The van der Waals surface area contributed by atoms with Crippen LogP contribution in [0.2, 0.25) is 0 Å². The van der Waals surface area contributed by atoms with E-state index in [1.165, 1.54) is 5.56 Å². The van der Waals surface area contributed by atoms with Gasteiger partial charge in [0.05, 0.1) is 13.3 Å². The quantitative estimate of drug-likeness (QED) is 0.809. The topological polar surface area (TPSA) is 27.1 Å². The van der Waals surface area contributed by atoms with Crippen LogP contribution in [0.25, 0.3) is 0 Å². The van der Waals surface area contributed by atoms with Crippen LogP contribution in [0.1, 0.15) is 5.56 Å². The van der Waals surface area contributed by atoms with E-state index in [0.717, 1.165) is 20.9 Å². The molecule has 0 spiro atoms. The number of benzene rings is 1. The maximum Gasteiger partial charge on any atom is 0.122 e. The molecule has 2 aromatic rings. The van der Waals surface area contributed by atoms with Gasteiger partial charge >= 0.3 is 0 Å². The number of hydrogen-bond acceptors (Lipinski definition) is 3. The van der Waals surface area contributed by atoms with Crippen LogP contribution in [0.3, 0.4) is 0 Å². The standard InChI is InChI=1S/C12H13BrN2OS/c1-15-7-11(6-14-15)17-8-9-5-10(13)3-4-12(9)16-2/h3-7H,8H2,1-2H3. The van der Waals surface area contributed by atoms with Crippen molar-refractivity contribution in [1.29, 1.82) is 0 Å². The first-order chi connectivity index (χ1) is 8.19. The summed E-state index contributed by atoms with van der Waals surface area (Å²) in [5.41, 5.74) is 1.18. The molecule has 1 heterocycles. The Bertz CT molecular complexity index is 513. The minimum absolute atomic E-state index is 0.869. The van der Waals surface area contributed by atoms with Gasteiger partial charge in [-0.25, -0.2) is 0 Å². The normalized spacial score (nSPS) is 10.5. The van der Waals surface area contributed by atoms with Crippen LogP contribution in [0.4, 0.5) is 0 Å². The first kappa shape index (κ1) is 12.5.